The molecule has 18 heavy (non-hydrogen) atoms. The van der Waals surface area contributed by atoms with Crippen LogP contribution in [-0.2, 0) is 13.0 Å². The van der Waals surface area contributed by atoms with Gasteiger partial charge in [-0.05, 0) is 12.5 Å². The molecule has 2 heterocycles. The quantitative estimate of drug-likeness (QED) is 0.830. The van der Waals surface area contributed by atoms with Gasteiger partial charge in [0.2, 0.25) is 0 Å². The zero-order valence-corrected chi connectivity index (χ0v) is 11.1. The van der Waals surface area contributed by atoms with Crippen LogP contribution in [0.5, 0.6) is 0 Å². The molecule has 0 saturated heterocycles. The smallest absolute Gasteiger partial charge is 0.160 e. The van der Waals surface area contributed by atoms with Gasteiger partial charge < -0.3 is 4.57 Å². The highest BCUT2D eigenvalue weighted by atomic mass is 35.5. The summed E-state index contributed by atoms with van der Waals surface area (Å²) in [6, 6.07) is 3.98. The van der Waals surface area contributed by atoms with E-state index in [0.717, 1.165) is 36.3 Å². The van der Waals surface area contributed by atoms with Crippen molar-refractivity contribution in [2.75, 3.05) is 0 Å². The standard InChI is InChI=1S/C13H15ClN4/c1-2-3-5-12-17-11-8-10(14)9-16-13(11)18(12)7-4-6-15/h8-9H,2-5,7H2,1H3. The third-order valence-electron chi connectivity index (χ3n) is 2.83. The third kappa shape index (κ3) is 2.62. The third-order valence-corrected chi connectivity index (χ3v) is 3.04. The van der Waals surface area contributed by atoms with E-state index in [0.29, 0.717) is 18.0 Å². The highest BCUT2D eigenvalue weighted by Gasteiger charge is 2.11. The van der Waals surface area contributed by atoms with Gasteiger partial charge in [-0.1, -0.05) is 24.9 Å². The molecule has 2 aromatic heterocycles. The highest BCUT2D eigenvalue weighted by Crippen LogP contribution is 2.19. The van der Waals surface area contributed by atoms with Crippen LogP contribution in [0.3, 0.4) is 0 Å². The van der Waals surface area contributed by atoms with Gasteiger partial charge in [0, 0.05) is 19.2 Å². The van der Waals surface area contributed by atoms with E-state index >= 15 is 0 Å². The average Bonchev–Trinajstić information content (AvgIpc) is 2.70. The number of hydrogen-bond acceptors (Lipinski definition) is 3. The first-order valence-electron chi connectivity index (χ1n) is 6.14. The number of pyridine rings is 1. The van der Waals surface area contributed by atoms with Gasteiger partial charge in [0.1, 0.15) is 11.3 Å². The molecule has 0 aliphatic rings. The molecular formula is C13H15ClN4. The largest absolute Gasteiger partial charge is 0.312 e. The summed E-state index contributed by atoms with van der Waals surface area (Å²) >= 11 is 5.92. The zero-order valence-electron chi connectivity index (χ0n) is 10.4. The fraction of sp³-hybridized carbons (Fsp3) is 0.462. The molecule has 0 spiro atoms. The Balaban J connectivity index is 2.43. The van der Waals surface area contributed by atoms with Crippen LogP contribution in [0.4, 0.5) is 0 Å². The lowest BCUT2D eigenvalue weighted by molar-refractivity contribution is 0.650. The van der Waals surface area contributed by atoms with Gasteiger partial charge >= 0.3 is 0 Å². The summed E-state index contributed by atoms with van der Waals surface area (Å²) in [5, 5.41) is 9.32. The van der Waals surface area contributed by atoms with E-state index in [1.54, 1.807) is 6.20 Å². The number of nitriles is 1. The second-order valence-corrected chi connectivity index (χ2v) is 4.62. The fourth-order valence-electron chi connectivity index (χ4n) is 1.96. The topological polar surface area (TPSA) is 54.5 Å². The number of fused-ring (bicyclic) bond motifs is 1. The lowest BCUT2D eigenvalue weighted by atomic mass is 10.2. The molecular weight excluding hydrogens is 248 g/mol. The molecule has 0 aromatic carbocycles. The number of unbranched alkanes of at least 4 members (excludes halogenated alkanes) is 1. The number of aromatic nitrogens is 3. The normalized spacial score (nSPS) is 10.7. The van der Waals surface area contributed by atoms with Crippen molar-refractivity contribution in [3.8, 4) is 6.07 Å². The van der Waals surface area contributed by atoms with Crippen LogP contribution < -0.4 is 0 Å². The average molecular weight is 263 g/mol. The van der Waals surface area contributed by atoms with E-state index in [2.05, 4.69) is 23.0 Å². The summed E-state index contributed by atoms with van der Waals surface area (Å²) in [6.07, 6.45) is 5.21. The maximum absolute atomic E-state index is 8.72. The molecule has 5 heteroatoms. The SMILES string of the molecule is CCCCc1nc2cc(Cl)cnc2n1CCC#N. The summed E-state index contributed by atoms with van der Waals surface area (Å²) in [7, 11) is 0. The molecule has 0 saturated carbocycles. The molecule has 0 bridgehead atoms. The van der Waals surface area contributed by atoms with Gasteiger partial charge in [0.05, 0.1) is 17.5 Å². The number of rotatable bonds is 5. The number of nitrogens with zero attached hydrogens (tertiary/aromatic N) is 4. The maximum Gasteiger partial charge on any atom is 0.160 e. The zero-order chi connectivity index (χ0) is 13.0. The summed E-state index contributed by atoms with van der Waals surface area (Å²) in [6.45, 7) is 2.79. The summed E-state index contributed by atoms with van der Waals surface area (Å²) < 4.78 is 2.03. The van der Waals surface area contributed by atoms with E-state index in [1.807, 2.05) is 10.6 Å². The molecule has 0 fully saturated rings. The molecule has 0 atom stereocenters. The summed E-state index contributed by atoms with van der Waals surface area (Å²) in [4.78, 5) is 8.89. The van der Waals surface area contributed by atoms with Gasteiger partial charge in [-0.2, -0.15) is 5.26 Å². The molecule has 94 valence electrons. The monoisotopic (exact) mass is 262 g/mol. The van der Waals surface area contributed by atoms with Crippen LogP contribution in [0.2, 0.25) is 5.02 Å². The van der Waals surface area contributed by atoms with Crippen LogP contribution in [-0.4, -0.2) is 14.5 Å². The molecule has 4 nitrogen and oxygen atoms in total. The van der Waals surface area contributed by atoms with Gasteiger partial charge in [-0.25, -0.2) is 9.97 Å². The fourth-order valence-corrected chi connectivity index (χ4v) is 2.11. The van der Waals surface area contributed by atoms with Crippen molar-refractivity contribution in [3.63, 3.8) is 0 Å². The van der Waals surface area contributed by atoms with Gasteiger partial charge in [0.25, 0.3) is 0 Å². The van der Waals surface area contributed by atoms with Crippen LogP contribution in [0, 0.1) is 11.3 Å². The number of halogens is 1. The molecule has 0 aliphatic carbocycles. The van der Waals surface area contributed by atoms with Crippen molar-refractivity contribution in [1.29, 1.82) is 5.26 Å². The van der Waals surface area contributed by atoms with Crippen molar-refractivity contribution < 1.29 is 0 Å². The van der Waals surface area contributed by atoms with Crippen molar-refractivity contribution in [1.82, 2.24) is 14.5 Å². The lowest BCUT2D eigenvalue weighted by Gasteiger charge is -2.05. The predicted octanol–water partition coefficient (Wildman–Crippen LogP) is 3.34. The Morgan fingerprint density at radius 2 is 2.33 bits per heavy atom. The second kappa shape index (κ2) is 5.83. The lowest BCUT2D eigenvalue weighted by Crippen LogP contribution is -2.04. The van der Waals surface area contributed by atoms with E-state index in [4.69, 9.17) is 16.9 Å². The highest BCUT2D eigenvalue weighted by molar-refractivity contribution is 6.31. The first kappa shape index (κ1) is 12.8. The van der Waals surface area contributed by atoms with E-state index in [1.165, 1.54) is 0 Å². The van der Waals surface area contributed by atoms with Crippen molar-refractivity contribution in [2.45, 2.75) is 39.2 Å². The maximum atomic E-state index is 8.72. The van der Waals surface area contributed by atoms with Gasteiger partial charge in [-0.3, -0.25) is 0 Å². The number of hydrogen-bond donors (Lipinski definition) is 0. The molecule has 0 radical (unpaired) electrons. The first-order valence-corrected chi connectivity index (χ1v) is 6.51. The molecule has 2 aromatic rings. The number of aryl methyl sites for hydroxylation is 2. The molecule has 2 rings (SSSR count). The minimum atomic E-state index is 0.467. The Hall–Kier alpha value is -1.60. The Morgan fingerprint density at radius 1 is 1.50 bits per heavy atom. The molecule has 0 unspecified atom stereocenters. The van der Waals surface area contributed by atoms with Crippen LogP contribution in [0.15, 0.2) is 12.3 Å². The molecule has 0 aliphatic heterocycles. The Labute approximate surface area is 111 Å². The van der Waals surface area contributed by atoms with Crippen molar-refractivity contribution in [2.24, 2.45) is 0 Å². The first-order chi connectivity index (χ1) is 8.76. The van der Waals surface area contributed by atoms with Crippen LogP contribution >= 0.6 is 11.6 Å². The van der Waals surface area contributed by atoms with Gasteiger partial charge in [-0.15, -0.1) is 0 Å². The van der Waals surface area contributed by atoms with Crippen molar-refractivity contribution in [3.05, 3.63) is 23.1 Å². The van der Waals surface area contributed by atoms with Crippen LogP contribution in [0.1, 0.15) is 32.0 Å². The Bertz CT molecular complexity index is 582. The number of imidazole rings is 1. The minimum absolute atomic E-state index is 0.467. The van der Waals surface area contributed by atoms with E-state index in [-0.39, 0.29) is 0 Å². The Kier molecular flexibility index (Phi) is 4.16. The van der Waals surface area contributed by atoms with Gasteiger partial charge in [0.15, 0.2) is 5.65 Å². The van der Waals surface area contributed by atoms with E-state index in [9.17, 15) is 0 Å². The second-order valence-electron chi connectivity index (χ2n) is 4.19. The molecule has 0 N–H and O–H groups in total. The summed E-state index contributed by atoms with van der Waals surface area (Å²) in [5.74, 6) is 0.997. The summed E-state index contributed by atoms with van der Waals surface area (Å²) in [5.41, 5.74) is 1.63. The predicted molar refractivity (Wildman–Crippen MR) is 71.4 cm³/mol. The van der Waals surface area contributed by atoms with Crippen molar-refractivity contribution >= 4 is 22.8 Å². The van der Waals surface area contributed by atoms with Crippen LogP contribution in [0.25, 0.3) is 11.2 Å². The minimum Gasteiger partial charge on any atom is -0.312 e. The Morgan fingerprint density at radius 3 is 3.06 bits per heavy atom. The molecule has 0 amide bonds. The van der Waals surface area contributed by atoms with E-state index < -0.39 is 0 Å².